The Morgan fingerprint density at radius 1 is 1.24 bits per heavy atom. The van der Waals surface area contributed by atoms with Crippen molar-refractivity contribution < 1.29 is 4.74 Å². The van der Waals surface area contributed by atoms with E-state index < -0.39 is 4.08 Å². The van der Waals surface area contributed by atoms with Gasteiger partial charge in [0.1, 0.15) is 5.75 Å². The van der Waals surface area contributed by atoms with E-state index in [1.165, 1.54) is 0 Å². The molecular weight excluding hydrogens is 348 g/mol. The molecule has 128 valence electrons. The fourth-order valence-corrected chi connectivity index (χ4v) is 5.12. The smallest absolute Gasteiger partial charge is 0.173 e. The average Bonchev–Trinajstić information content (AvgIpc) is 3.06. The van der Waals surface area contributed by atoms with Gasteiger partial charge in [-0.25, -0.2) is 0 Å². The Bertz CT molecular complexity index is 771. The number of nitriles is 1. The lowest BCUT2D eigenvalue weighted by atomic mass is 10.1. The minimum atomic E-state index is -0.509. The zero-order valence-electron chi connectivity index (χ0n) is 14.3. The van der Waals surface area contributed by atoms with E-state index in [2.05, 4.69) is 47.4 Å². The Morgan fingerprint density at radius 2 is 1.96 bits per heavy atom. The molecule has 2 aromatic carbocycles. The summed E-state index contributed by atoms with van der Waals surface area (Å²) >= 11 is 3.30. The van der Waals surface area contributed by atoms with Crippen LogP contribution in [-0.2, 0) is 0 Å². The van der Waals surface area contributed by atoms with Gasteiger partial charge < -0.3 is 9.64 Å². The monoisotopic (exact) mass is 368 g/mol. The number of nitrogens with zero attached hydrogens (tertiary/aromatic N) is 2. The van der Waals surface area contributed by atoms with Gasteiger partial charge in [0.15, 0.2) is 4.08 Å². The van der Waals surface area contributed by atoms with Crippen LogP contribution < -0.4 is 9.64 Å². The lowest BCUT2D eigenvalue weighted by Crippen LogP contribution is -2.39. The molecule has 0 N–H and O–H groups in total. The number of thioether (sulfide) groups is 2. The number of benzene rings is 2. The standard InChI is InChI=1S/C20H20N2OS2/c1-23-18-11-9-17(10-12-18)22-15-25-20(14-21,24-2)19(22)13-8-16-6-4-3-5-7-16/h3-13,19H,15H2,1-2H3/b13-8+/t19-,20+/m1/s1. The zero-order chi connectivity index (χ0) is 17.7. The first-order valence-electron chi connectivity index (χ1n) is 7.97. The van der Waals surface area contributed by atoms with Crippen molar-refractivity contribution in [2.24, 2.45) is 0 Å². The van der Waals surface area contributed by atoms with Crippen molar-refractivity contribution in [1.82, 2.24) is 0 Å². The summed E-state index contributed by atoms with van der Waals surface area (Å²) in [7, 11) is 1.67. The molecule has 0 amide bonds. The molecule has 0 aromatic heterocycles. The normalized spacial score (nSPS) is 22.9. The highest BCUT2D eigenvalue weighted by atomic mass is 32.2. The van der Waals surface area contributed by atoms with E-state index >= 15 is 0 Å². The van der Waals surface area contributed by atoms with Crippen LogP contribution in [0.5, 0.6) is 5.75 Å². The summed E-state index contributed by atoms with van der Waals surface area (Å²) in [6.45, 7) is 0. The molecule has 0 spiro atoms. The van der Waals surface area contributed by atoms with Crippen molar-refractivity contribution in [3.8, 4) is 11.8 Å². The van der Waals surface area contributed by atoms with Gasteiger partial charge in [0.25, 0.3) is 0 Å². The Hall–Kier alpha value is -2.03. The highest BCUT2D eigenvalue weighted by Gasteiger charge is 2.47. The Labute approximate surface area is 157 Å². The van der Waals surface area contributed by atoms with Crippen molar-refractivity contribution in [3.05, 3.63) is 66.2 Å². The van der Waals surface area contributed by atoms with Crippen LogP contribution in [0.3, 0.4) is 0 Å². The van der Waals surface area contributed by atoms with Crippen molar-refractivity contribution in [3.63, 3.8) is 0 Å². The summed E-state index contributed by atoms with van der Waals surface area (Å²) in [5.74, 6) is 1.62. The van der Waals surface area contributed by atoms with E-state index in [9.17, 15) is 5.26 Å². The highest BCUT2D eigenvalue weighted by Crippen LogP contribution is 2.48. The van der Waals surface area contributed by atoms with Crippen LogP contribution in [0, 0.1) is 11.3 Å². The van der Waals surface area contributed by atoms with Crippen LogP contribution in [-0.4, -0.2) is 29.4 Å². The molecule has 3 nitrogen and oxygen atoms in total. The number of hydrogen-bond donors (Lipinski definition) is 0. The van der Waals surface area contributed by atoms with Gasteiger partial charge in [-0.05, 0) is 36.1 Å². The summed E-state index contributed by atoms with van der Waals surface area (Å²) < 4.78 is 4.74. The van der Waals surface area contributed by atoms with Crippen molar-refractivity contribution in [1.29, 1.82) is 5.26 Å². The molecule has 2 aromatic rings. The van der Waals surface area contributed by atoms with Crippen LogP contribution in [0.2, 0.25) is 0 Å². The van der Waals surface area contributed by atoms with E-state index in [0.717, 1.165) is 22.9 Å². The van der Waals surface area contributed by atoms with Crippen LogP contribution in [0.25, 0.3) is 6.08 Å². The average molecular weight is 369 g/mol. The van der Waals surface area contributed by atoms with Crippen molar-refractivity contribution in [2.75, 3.05) is 24.1 Å². The minimum absolute atomic E-state index is 0.00824. The van der Waals surface area contributed by atoms with Gasteiger partial charge in [-0.3, -0.25) is 0 Å². The Kier molecular flexibility index (Phi) is 5.62. The Morgan fingerprint density at radius 3 is 2.56 bits per heavy atom. The quantitative estimate of drug-likeness (QED) is 0.752. The molecule has 0 bridgehead atoms. The van der Waals surface area contributed by atoms with Crippen LogP contribution in [0.15, 0.2) is 60.7 Å². The van der Waals surface area contributed by atoms with Crippen LogP contribution in [0.1, 0.15) is 5.56 Å². The zero-order valence-corrected chi connectivity index (χ0v) is 15.9. The van der Waals surface area contributed by atoms with Gasteiger partial charge in [0, 0.05) is 5.69 Å². The van der Waals surface area contributed by atoms with E-state index in [1.54, 1.807) is 30.6 Å². The summed E-state index contributed by atoms with van der Waals surface area (Å²) in [4.78, 5) is 2.28. The molecule has 2 atom stereocenters. The SMILES string of the molecule is COc1ccc(N2CS[C@](C#N)(SC)[C@H]2/C=C/c2ccccc2)cc1. The molecule has 1 saturated heterocycles. The molecule has 0 aliphatic carbocycles. The summed E-state index contributed by atoms with van der Waals surface area (Å²) in [5.41, 5.74) is 2.24. The Balaban J connectivity index is 1.93. The third-order valence-corrected chi connectivity index (χ3v) is 7.24. The number of methoxy groups -OCH3 is 1. The van der Waals surface area contributed by atoms with E-state index in [4.69, 9.17) is 4.74 Å². The third-order valence-electron chi connectivity index (χ3n) is 4.28. The van der Waals surface area contributed by atoms with Crippen molar-refractivity contribution >= 4 is 35.3 Å². The second-order valence-corrected chi connectivity index (χ2v) is 8.14. The summed E-state index contributed by atoms with van der Waals surface area (Å²) in [6, 6.07) is 20.8. The second kappa shape index (κ2) is 7.90. The van der Waals surface area contributed by atoms with Gasteiger partial charge in [-0.2, -0.15) is 5.26 Å². The molecule has 0 unspecified atom stereocenters. The van der Waals surface area contributed by atoms with Crippen LogP contribution in [0.4, 0.5) is 5.69 Å². The first-order chi connectivity index (χ1) is 12.2. The first-order valence-corrected chi connectivity index (χ1v) is 10.2. The van der Waals surface area contributed by atoms with Gasteiger partial charge in [0.05, 0.1) is 25.1 Å². The van der Waals surface area contributed by atoms with E-state index in [0.29, 0.717) is 0 Å². The lowest BCUT2D eigenvalue weighted by Gasteiger charge is -2.30. The molecule has 0 saturated carbocycles. The van der Waals surface area contributed by atoms with E-state index in [-0.39, 0.29) is 6.04 Å². The maximum atomic E-state index is 9.86. The second-order valence-electron chi connectivity index (χ2n) is 5.64. The fourth-order valence-electron chi connectivity index (χ4n) is 2.87. The van der Waals surface area contributed by atoms with Crippen LogP contribution >= 0.6 is 23.5 Å². The largest absolute Gasteiger partial charge is 0.497 e. The number of rotatable bonds is 5. The number of anilines is 1. The molecule has 1 heterocycles. The maximum absolute atomic E-state index is 9.86. The minimum Gasteiger partial charge on any atom is -0.497 e. The van der Waals surface area contributed by atoms with Gasteiger partial charge in [-0.15, -0.1) is 23.5 Å². The number of hydrogen-bond acceptors (Lipinski definition) is 5. The number of ether oxygens (including phenoxy) is 1. The lowest BCUT2D eigenvalue weighted by molar-refractivity contribution is 0.415. The summed E-state index contributed by atoms with van der Waals surface area (Å²) in [5, 5.41) is 9.86. The van der Waals surface area contributed by atoms with E-state index in [1.807, 2.05) is 36.6 Å². The molecular formula is C20H20N2OS2. The van der Waals surface area contributed by atoms with Gasteiger partial charge in [0.2, 0.25) is 0 Å². The first kappa shape index (κ1) is 17.8. The van der Waals surface area contributed by atoms with Gasteiger partial charge in [-0.1, -0.05) is 42.5 Å². The highest BCUT2D eigenvalue weighted by molar-refractivity contribution is 8.18. The molecule has 1 aliphatic heterocycles. The molecule has 3 rings (SSSR count). The fraction of sp³-hybridized carbons (Fsp3) is 0.250. The summed E-state index contributed by atoms with van der Waals surface area (Å²) in [6.07, 6.45) is 6.27. The maximum Gasteiger partial charge on any atom is 0.173 e. The van der Waals surface area contributed by atoms with Gasteiger partial charge >= 0.3 is 0 Å². The molecule has 5 heteroatoms. The predicted molar refractivity (Wildman–Crippen MR) is 109 cm³/mol. The molecule has 1 aliphatic rings. The molecule has 25 heavy (non-hydrogen) atoms. The molecule has 1 fully saturated rings. The molecule has 0 radical (unpaired) electrons. The topological polar surface area (TPSA) is 36.3 Å². The predicted octanol–water partition coefficient (Wildman–Crippen LogP) is 4.87. The van der Waals surface area contributed by atoms with Crippen molar-refractivity contribution in [2.45, 2.75) is 10.1 Å². The third kappa shape index (κ3) is 3.65.